The van der Waals surface area contributed by atoms with Crippen molar-refractivity contribution in [3.8, 4) is 0 Å². The van der Waals surface area contributed by atoms with Crippen LogP contribution in [0, 0.1) is 6.92 Å². The minimum atomic E-state index is 0.666. The highest BCUT2D eigenvalue weighted by atomic mass is 16.1. The second kappa shape index (κ2) is 5.65. The molecule has 2 aromatic heterocycles. The number of pyridine rings is 1. The Morgan fingerprint density at radius 3 is 2.68 bits per heavy atom. The Labute approximate surface area is 112 Å². The summed E-state index contributed by atoms with van der Waals surface area (Å²) < 4.78 is 1.76. The first kappa shape index (κ1) is 13.3. The lowest BCUT2D eigenvalue weighted by molar-refractivity contribution is 0.112. The fraction of sp³-hybridized carbons (Fsp3) is 0.357. The maximum absolute atomic E-state index is 11.2. The van der Waals surface area contributed by atoms with Crippen LogP contribution in [-0.2, 0) is 13.5 Å². The number of hydrogen-bond donors (Lipinski definition) is 0. The molecular weight excluding hydrogens is 240 g/mol. The van der Waals surface area contributed by atoms with Crippen LogP contribution in [0.5, 0.6) is 0 Å². The van der Waals surface area contributed by atoms with Gasteiger partial charge in [0.25, 0.3) is 0 Å². The van der Waals surface area contributed by atoms with E-state index in [-0.39, 0.29) is 0 Å². The molecule has 0 fully saturated rings. The van der Waals surface area contributed by atoms with Crippen molar-refractivity contribution in [2.24, 2.45) is 7.05 Å². The van der Waals surface area contributed by atoms with Gasteiger partial charge in [0, 0.05) is 33.0 Å². The van der Waals surface area contributed by atoms with Crippen molar-refractivity contribution in [3.63, 3.8) is 0 Å². The van der Waals surface area contributed by atoms with E-state index in [1.54, 1.807) is 17.1 Å². The normalized spacial score (nSPS) is 10.5. The molecule has 0 saturated carbocycles. The zero-order valence-corrected chi connectivity index (χ0v) is 11.5. The van der Waals surface area contributed by atoms with E-state index >= 15 is 0 Å². The Kier molecular flexibility index (Phi) is 3.94. The second-order valence-electron chi connectivity index (χ2n) is 4.59. The number of rotatable bonds is 5. The molecule has 0 N–H and O–H groups in total. The van der Waals surface area contributed by atoms with Gasteiger partial charge in [0.05, 0.1) is 11.3 Å². The van der Waals surface area contributed by atoms with E-state index in [0.29, 0.717) is 5.56 Å². The minimum Gasteiger partial charge on any atom is -0.359 e. The summed E-state index contributed by atoms with van der Waals surface area (Å²) in [6.45, 7) is 2.67. The summed E-state index contributed by atoms with van der Waals surface area (Å²) in [5.74, 6) is 0.863. The summed E-state index contributed by atoms with van der Waals surface area (Å²) in [4.78, 5) is 17.2. The Morgan fingerprint density at radius 1 is 1.37 bits per heavy atom. The van der Waals surface area contributed by atoms with Gasteiger partial charge in [0.15, 0.2) is 6.29 Å². The smallest absolute Gasteiger partial charge is 0.155 e. The van der Waals surface area contributed by atoms with Gasteiger partial charge in [-0.3, -0.25) is 14.5 Å². The molecule has 2 rings (SSSR count). The predicted octanol–water partition coefficient (Wildman–Crippen LogP) is 1.61. The van der Waals surface area contributed by atoms with Gasteiger partial charge in [0.2, 0.25) is 0 Å². The summed E-state index contributed by atoms with van der Waals surface area (Å²) >= 11 is 0. The highest BCUT2D eigenvalue weighted by molar-refractivity contribution is 5.84. The molecule has 0 aromatic carbocycles. The molecule has 0 bridgehead atoms. The molecule has 5 nitrogen and oxygen atoms in total. The van der Waals surface area contributed by atoms with E-state index in [2.05, 4.69) is 15.0 Å². The molecule has 0 aliphatic heterocycles. The quantitative estimate of drug-likeness (QED) is 0.765. The third kappa shape index (κ3) is 2.81. The first-order chi connectivity index (χ1) is 9.13. The lowest BCUT2D eigenvalue weighted by Gasteiger charge is -2.19. The van der Waals surface area contributed by atoms with E-state index in [4.69, 9.17) is 0 Å². The number of carbonyl (C=O) groups is 1. The minimum absolute atomic E-state index is 0.666. The maximum atomic E-state index is 11.2. The monoisotopic (exact) mass is 258 g/mol. The number of aldehydes is 1. The Bertz CT molecular complexity index is 562. The number of aryl methyl sites for hydroxylation is 2. The molecular formula is C14H18N4O. The van der Waals surface area contributed by atoms with Crippen molar-refractivity contribution in [2.75, 3.05) is 18.5 Å². The third-order valence-corrected chi connectivity index (χ3v) is 3.20. The van der Waals surface area contributed by atoms with E-state index in [1.807, 2.05) is 33.2 Å². The molecule has 0 saturated heterocycles. The maximum Gasteiger partial charge on any atom is 0.155 e. The summed E-state index contributed by atoms with van der Waals surface area (Å²) in [5, 5.41) is 4.29. The van der Waals surface area contributed by atoms with Crippen LogP contribution in [0.1, 0.15) is 21.6 Å². The van der Waals surface area contributed by atoms with Gasteiger partial charge in [-0.2, -0.15) is 5.10 Å². The SMILES string of the molecule is Cc1nn(C)c(N(C)CCc2ccncc2)c1C=O. The lowest BCUT2D eigenvalue weighted by atomic mass is 10.2. The van der Waals surface area contributed by atoms with Crippen molar-refractivity contribution >= 4 is 12.1 Å². The standard InChI is InChI=1S/C14H18N4O/c1-11-13(10-19)14(18(3)16-11)17(2)9-6-12-4-7-15-8-5-12/h4-5,7-8,10H,6,9H2,1-3H3. The topological polar surface area (TPSA) is 51.0 Å². The number of aromatic nitrogens is 3. The van der Waals surface area contributed by atoms with Gasteiger partial charge in [-0.15, -0.1) is 0 Å². The largest absolute Gasteiger partial charge is 0.359 e. The van der Waals surface area contributed by atoms with Crippen LogP contribution >= 0.6 is 0 Å². The van der Waals surface area contributed by atoms with Gasteiger partial charge in [-0.05, 0) is 31.0 Å². The van der Waals surface area contributed by atoms with Crippen molar-refractivity contribution in [2.45, 2.75) is 13.3 Å². The predicted molar refractivity (Wildman–Crippen MR) is 74.5 cm³/mol. The molecule has 2 aromatic rings. The molecule has 0 aliphatic rings. The Morgan fingerprint density at radius 2 is 2.05 bits per heavy atom. The van der Waals surface area contributed by atoms with E-state index < -0.39 is 0 Å². The summed E-state index contributed by atoms with van der Waals surface area (Å²) in [6.07, 6.45) is 5.36. The van der Waals surface area contributed by atoms with Crippen LogP contribution in [0.3, 0.4) is 0 Å². The van der Waals surface area contributed by atoms with Crippen LogP contribution < -0.4 is 4.90 Å². The summed E-state index contributed by atoms with van der Waals surface area (Å²) in [6, 6.07) is 4.01. The molecule has 0 amide bonds. The van der Waals surface area contributed by atoms with Gasteiger partial charge < -0.3 is 4.90 Å². The van der Waals surface area contributed by atoms with E-state index in [0.717, 1.165) is 30.8 Å². The average molecular weight is 258 g/mol. The molecule has 5 heteroatoms. The third-order valence-electron chi connectivity index (χ3n) is 3.20. The van der Waals surface area contributed by atoms with Gasteiger partial charge in [-0.1, -0.05) is 0 Å². The average Bonchev–Trinajstić information content (AvgIpc) is 2.71. The second-order valence-corrected chi connectivity index (χ2v) is 4.59. The molecule has 0 spiro atoms. The van der Waals surface area contributed by atoms with Gasteiger partial charge in [0.1, 0.15) is 5.82 Å². The van der Waals surface area contributed by atoms with Crippen LogP contribution in [0.25, 0.3) is 0 Å². The van der Waals surface area contributed by atoms with Crippen LogP contribution in [0.15, 0.2) is 24.5 Å². The molecule has 19 heavy (non-hydrogen) atoms. The van der Waals surface area contributed by atoms with E-state index in [9.17, 15) is 4.79 Å². The van der Waals surface area contributed by atoms with Crippen molar-refractivity contribution < 1.29 is 4.79 Å². The molecule has 0 atom stereocenters. The van der Waals surface area contributed by atoms with Gasteiger partial charge >= 0.3 is 0 Å². The van der Waals surface area contributed by atoms with Gasteiger partial charge in [-0.25, -0.2) is 0 Å². The van der Waals surface area contributed by atoms with E-state index in [1.165, 1.54) is 5.56 Å². The van der Waals surface area contributed by atoms with Crippen molar-refractivity contribution in [1.82, 2.24) is 14.8 Å². The molecule has 2 heterocycles. The number of nitrogens with zero attached hydrogens (tertiary/aromatic N) is 4. The molecule has 100 valence electrons. The van der Waals surface area contributed by atoms with Crippen molar-refractivity contribution in [3.05, 3.63) is 41.3 Å². The molecule has 0 aliphatic carbocycles. The number of anilines is 1. The lowest BCUT2D eigenvalue weighted by Crippen LogP contribution is -2.23. The highest BCUT2D eigenvalue weighted by Crippen LogP contribution is 2.20. The van der Waals surface area contributed by atoms with Crippen LogP contribution in [0.4, 0.5) is 5.82 Å². The Hall–Kier alpha value is -2.17. The molecule has 0 radical (unpaired) electrons. The fourth-order valence-electron chi connectivity index (χ4n) is 2.21. The fourth-order valence-corrected chi connectivity index (χ4v) is 2.21. The highest BCUT2D eigenvalue weighted by Gasteiger charge is 2.15. The van der Waals surface area contributed by atoms with Crippen molar-refractivity contribution in [1.29, 1.82) is 0 Å². The number of hydrogen-bond acceptors (Lipinski definition) is 4. The zero-order valence-electron chi connectivity index (χ0n) is 11.5. The first-order valence-corrected chi connectivity index (χ1v) is 6.22. The Balaban J connectivity index is 2.12. The summed E-state index contributed by atoms with van der Waals surface area (Å²) in [5.41, 5.74) is 2.66. The van der Waals surface area contributed by atoms with Crippen LogP contribution in [0.2, 0.25) is 0 Å². The summed E-state index contributed by atoms with van der Waals surface area (Å²) in [7, 11) is 3.84. The zero-order chi connectivity index (χ0) is 13.8. The first-order valence-electron chi connectivity index (χ1n) is 6.22. The van der Waals surface area contributed by atoms with Crippen LogP contribution in [-0.4, -0.2) is 34.6 Å². The number of carbonyl (C=O) groups excluding carboxylic acids is 1. The number of likely N-dealkylation sites (N-methyl/N-ethyl adjacent to an activating group) is 1. The molecule has 0 unspecified atom stereocenters.